The Balaban J connectivity index is 2.22. The Morgan fingerprint density at radius 1 is 1.18 bits per heavy atom. The number of halogens is 1. The van der Waals surface area contributed by atoms with Gasteiger partial charge in [0.2, 0.25) is 0 Å². The second kappa shape index (κ2) is 3.98. The molecule has 0 spiro atoms. The minimum absolute atomic E-state index is 0.570. The fourth-order valence-corrected chi connectivity index (χ4v) is 2.60. The number of nitrogens with two attached hydrogens (primary N) is 1. The molecule has 3 nitrogen and oxygen atoms in total. The molecule has 2 aromatic heterocycles. The first kappa shape index (κ1) is 10.5. The molecule has 0 saturated carbocycles. The Hall–Kier alpha value is -1.65. The summed E-state index contributed by atoms with van der Waals surface area (Å²) in [5.41, 5.74) is 6.70. The van der Waals surface area contributed by atoms with Crippen LogP contribution in [0.15, 0.2) is 36.8 Å². The molecule has 0 atom stereocenters. The predicted octanol–water partition coefficient (Wildman–Crippen LogP) is 3.59. The number of nitrogens with zero attached hydrogens (tertiary/aromatic N) is 2. The molecule has 1 aromatic carbocycles. The van der Waals surface area contributed by atoms with Gasteiger partial charge >= 0.3 is 0 Å². The van der Waals surface area contributed by atoms with E-state index in [0.717, 1.165) is 21.2 Å². The van der Waals surface area contributed by atoms with E-state index in [1.807, 2.05) is 18.2 Å². The van der Waals surface area contributed by atoms with Crippen molar-refractivity contribution in [2.24, 2.45) is 0 Å². The number of hydrogen-bond donors (Lipinski definition) is 1. The van der Waals surface area contributed by atoms with Crippen molar-refractivity contribution in [2.45, 2.75) is 0 Å². The Labute approximate surface area is 107 Å². The lowest BCUT2D eigenvalue weighted by Crippen LogP contribution is -1.79. The van der Waals surface area contributed by atoms with Crippen LogP contribution in [-0.2, 0) is 0 Å². The van der Waals surface area contributed by atoms with Gasteiger partial charge in [-0.1, -0.05) is 35.1 Å². The van der Waals surface area contributed by atoms with Crippen molar-refractivity contribution >= 4 is 38.8 Å². The molecule has 0 aliphatic carbocycles. The van der Waals surface area contributed by atoms with E-state index in [0.29, 0.717) is 10.2 Å². The molecule has 0 unspecified atom stereocenters. The highest BCUT2D eigenvalue weighted by molar-refractivity contribution is 7.18. The summed E-state index contributed by atoms with van der Waals surface area (Å²) in [6, 6.07) is 6.05. The summed E-state index contributed by atoms with van der Waals surface area (Å²) < 4.78 is 0. The van der Waals surface area contributed by atoms with Crippen molar-refractivity contribution < 1.29 is 0 Å². The van der Waals surface area contributed by atoms with Gasteiger partial charge in [0.05, 0.1) is 9.90 Å². The number of pyridine rings is 1. The van der Waals surface area contributed by atoms with Crippen molar-refractivity contribution in [1.29, 1.82) is 0 Å². The average Bonchev–Trinajstić information content (AvgIpc) is 2.76. The van der Waals surface area contributed by atoms with E-state index in [1.165, 1.54) is 11.3 Å². The molecule has 2 N–H and O–H groups in total. The number of aromatic nitrogens is 2. The van der Waals surface area contributed by atoms with Gasteiger partial charge in [-0.05, 0) is 11.6 Å². The Morgan fingerprint density at radius 2 is 2.06 bits per heavy atom. The highest BCUT2D eigenvalue weighted by atomic mass is 35.5. The second-order valence-electron chi connectivity index (χ2n) is 3.62. The fraction of sp³-hybridized carbons (Fsp3) is 0. The molecule has 3 aromatic rings. The summed E-state index contributed by atoms with van der Waals surface area (Å²) in [6.45, 7) is 0. The third kappa shape index (κ3) is 1.85. The zero-order chi connectivity index (χ0) is 11.8. The standard InChI is InChI=1S/C12H8ClN3S/c13-10-5-15-4-8-2-1-7(3-9(8)10)11-6-16-12(14)17-11/h1-6H,(H2,14,16). The summed E-state index contributed by atoms with van der Waals surface area (Å²) in [4.78, 5) is 9.14. The highest BCUT2D eigenvalue weighted by Gasteiger charge is 2.05. The zero-order valence-corrected chi connectivity index (χ0v) is 10.3. The molecular formula is C12H8ClN3S. The number of thiazole rings is 1. The zero-order valence-electron chi connectivity index (χ0n) is 8.72. The predicted molar refractivity (Wildman–Crippen MR) is 72.3 cm³/mol. The Kier molecular flexibility index (Phi) is 2.46. The van der Waals surface area contributed by atoms with Crippen LogP contribution < -0.4 is 5.73 Å². The molecule has 0 aliphatic heterocycles. The van der Waals surface area contributed by atoms with Crippen molar-refractivity contribution in [3.63, 3.8) is 0 Å². The summed E-state index contributed by atoms with van der Waals surface area (Å²) in [7, 11) is 0. The van der Waals surface area contributed by atoms with Crippen LogP contribution in [0.5, 0.6) is 0 Å². The van der Waals surface area contributed by atoms with Crippen molar-refractivity contribution in [2.75, 3.05) is 5.73 Å². The van der Waals surface area contributed by atoms with E-state index >= 15 is 0 Å². The van der Waals surface area contributed by atoms with E-state index < -0.39 is 0 Å². The number of fused-ring (bicyclic) bond motifs is 1. The average molecular weight is 262 g/mol. The van der Waals surface area contributed by atoms with Crippen LogP contribution in [0.3, 0.4) is 0 Å². The van der Waals surface area contributed by atoms with E-state index in [9.17, 15) is 0 Å². The second-order valence-corrected chi connectivity index (χ2v) is 5.09. The summed E-state index contributed by atoms with van der Waals surface area (Å²) in [6.07, 6.45) is 5.22. The SMILES string of the molecule is Nc1ncc(-c2ccc3cncc(Cl)c3c2)s1. The van der Waals surface area contributed by atoms with Crippen LogP contribution in [0, 0.1) is 0 Å². The maximum atomic E-state index is 6.12. The van der Waals surface area contributed by atoms with Gasteiger partial charge < -0.3 is 5.73 Å². The van der Waals surface area contributed by atoms with Gasteiger partial charge in [-0.15, -0.1) is 0 Å². The first-order chi connectivity index (χ1) is 8.24. The molecule has 0 radical (unpaired) electrons. The van der Waals surface area contributed by atoms with Gasteiger partial charge in [0.15, 0.2) is 5.13 Å². The van der Waals surface area contributed by atoms with Crippen LogP contribution in [0.2, 0.25) is 5.02 Å². The third-order valence-electron chi connectivity index (χ3n) is 2.52. The van der Waals surface area contributed by atoms with Crippen LogP contribution in [-0.4, -0.2) is 9.97 Å². The maximum absolute atomic E-state index is 6.12. The smallest absolute Gasteiger partial charge is 0.180 e. The molecule has 3 rings (SSSR count). The van der Waals surface area contributed by atoms with E-state index in [-0.39, 0.29) is 0 Å². The van der Waals surface area contributed by atoms with Gasteiger partial charge in [-0.2, -0.15) is 0 Å². The lowest BCUT2D eigenvalue weighted by atomic mass is 10.1. The lowest BCUT2D eigenvalue weighted by molar-refractivity contribution is 1.36. The van der Waals surface area contributed by atoms with Crippen LogP contribution in [0.1, 0.15) is 0 Å². The summed E-state index contributed by atoms with van der Waals surface area (Å²) in [5, 5.41) is 3.24. The number of hydrogen-bond acceptors (Lipinski definition) is 4. The van der Waals surface area contributed by atoms with Gasteiger partial charge in [-0.3, -0.25) is 4.98 Å². The lowest BCUT2D eigenvalue weighted by Gasteiger charge is -2.02. The Bertz CT molecular complexity index is 693. The molecule has 0 amide bonds. The molecule has 0 saturated heterocycles. The van der Waals surface area contributed by atoms with Crippen molar-refractivity contribution in [1.82, 2.24) is 9.97 Å². The number of rotatable bonds is 1. The quantitative estimate of drug-likeness (QED) is 0.728. The van der Waals surface area contributed by atoms with Crippen LogP contribution in [0.4, 0.5) is 5.13 Å². The maximum Gasteiger partial charge on any atom is 0.180 e. The molecule has 17 heavy (non-hydrogen) atoms. The first-order valence-electron chi connectivity index (χ1n) is 4.99. The van der Waals surface area contributed by atoms with Crippen molar-refractivity contribution in [3.8, 4) is 10.4 Å². The van der Waals surface area contributed by atoms with Gasteiger partial charge in [0.25, 0.3) is 0 Å². The number of anilines is 1. The minimum atomic E-state index is 0.570. The fourth-order valence-electron chi connectivity index (χ4n) is 1.70. The molecular weight excluding hydrogens is 254 g/mol. The first-order valence-corrected chi connectivity index (χ1v) is 6.18. The Morgan fingerprint density at radius 3 is 2.82 bits per heavy atom. The van der Waals surface area contributed by atoms with Gasteiger partial charge in [0, 0.05) is 29.4 Å². The topological polar surface area (TPSA) is 51.8 Å². The monoisotopic (exact) mass is 261 g/mol. The summed E-state index contributed by atoms with van der Waals surface area (Å²) >= 11 is 7.59. The van der Waals surface area contributed by atoms with E-state index in [2.05, 4.69) is 9.97 Å². The van der Waals surface area contributed by atoms with Gasteiger partial charge in [0.1, 0.15) is 0 Å². The molecule has 0 aliphatic rings. The molecule has 5 heteroatoms. The summed E-state index contributed by atoms with van der Waals surface area (Å²) in [5.74, 6) is 0. The molecule has 0 fully saturated rings. The largest absolute Gasteiger partial charge is 0.375 e. The third-order valence-corrected chi connectivity index (χ3v) is 3.70. The van der Waals surface area contributed by atoms with Crippen molar-refractivity contribution in [3.05, 3.63) is 41.8 Å². The highest BCUT2D eigenvalue weighted by Crippen LogP contribution is 2.31. The van der Waals surface area contributed by atoms with Crippen LogP contribution in [0.25, 0.3) is 21.2 Å². The molecule has 0 bridgehead atoms. The number of nitrogen functional groups attached to an aromatic ring is 1. The molecule has 84 valence electrons. The normalized spacial score (nSPS) is 10.9. The van der Waals surface area contributed by atoms with Gasteiger partial charge in [-0.25, -0.2) is 4.98 Å². The van der Waals surface area contributed by atoms with E-state index in [4.69, 9.17) is 17.3 Å². The number of benzene rings is 1. The molecule has 2 heterocycles. The minimum Gasteiger partial charge on any atom is -0.375 e. The van der Waals surface area contributed by atoms with E-state index in [1.54, 1.807) is 18.6 Å². The van der Waals surface area contributed by atoms with Crippen LogP contribution >= 0.6 is 22.9 Å².